The molecule has 0 aliphatic heterocycles. The molecule has 6 amide bonds. The van der Waals surface area contributed by atoms with Crippen LogP contribution >= 0.6 is 12.6 Å². The summed E-state index contributed by atoms with van der Waals surface area (Å²) < 4.78 is 0. The Morgan fingerprint density at radius 2 is 1.43 bits per heavy atom. The summed E-state index contributed by atoms with van der Waals surface area (Å²) in [5, 5.41) is 11.4. The molecule has 2 aliphatic rings. The maximum atomic E-state index is 14.4. The smallest absolute Gasteiger partial charge is 0.312 e. The van der Waals surface area contributed by atoms with Gasteiger partial charge >= 0.3 is 6.03 Å². The zero-order valence-corrected chi connectivity index (χ0v) is 32.6. The van der Waals surface area contributed by atoms with Crippen LogP contribution in [0.1, 0.15) is 53.5 Å². The molecule has 1 heterocycles. The maximum Gasteiger partial charge on any atom is 0.312 e. The van der Waals surface area contributed by atoms with E-state index in [1.165, 1.54) is 20.9 Å². The molecule has 296 valence electrons. The van der Waals surface area contributed by atoms with Crippen LogP contribution in [-0.2, 0) is 38.6 Å². The zero-order valence-electron chi connectivity index (χ0n) is 31.7. The summed E-state index contributed by atoms with van der Waals surface area (Å²) in [7, 11) is 0. The molecule has 0 saturated carbocycles. The lowest BCUT2D eigenvalue weighted by molar-refractivity contribution is -0.140. The maximum absolute atomic E-state index is 14.4. The van der Waals surface area contributed by atoms with Crippen molar-refractivity contribution in [2.75, 3.05) is 51.6 Å². The summed E-state index contributed by atoms with van der Waals surface area (Å²) in [6.45, 7) is 0.977. The third kappa shape index (κ3) is 12.5. The van der Waals surface area contributed by atoms with E-state index < -0.39 is 23.9 Å². The molecule has 2 aromatic carbocycles. The average molecular weight is 781 g/mol. The van der Waals surface area contributed by atoms with Crippen LogP contribution in [0.15, 0.2) is 85.2 Å². The number of nitrogens with zero attached hydrogens (tertiary/aromatic N) is 3. The van der Waals surface area contributed by atoms with Gasteiger partial charge in [0, 0.05) is 50.9 Å². The number of hydrogen-bond acceptors (Lipinski definition) is 8. The number of hydrogen-bond donors (Lipinski definition) is 6. The molecule has 13 nitrogen and oxygen atoms in total. The Hall–Kier alpha value is -5.47. The molecular formula is C42H52N8O5S. The van der Waals surface area contributed by atoms with Crippen molar-refractivity contribution < 1.29 is 24.0 Å². The van der Waals surface area contributed by atoms with Gasteiger partial charge in [-0.15, -0.1) is 0 Å². The highest BCUT2D eigenvalue weighted by Gasteiger charge is 2.29. The van der Waals surface area contributed by atoms with Crippen LogP contribution in [0, 0.1) is 0 Å². The van der Waals surface area contributed by atoms with Crippen molar-refractivity contribution in [3.8, 4) is 0 Å². The normalized spacial score (nSPS) is 13.1. The number of thiol groups is 1. The molecule has 6 N–H and O–H groups in total. The lowest BCUT2D eigenvalue weighted by atomic mass is 10.0. The van der Waals surface area contributed by atoms with Crippen molar-refractivity contribution in [3.05, 3.63) is 113 Å². The van der Waals surface area contributed by atoms with Crippen molar-refractivity contribution in [1.29, 1.82) is 0 Å². The SMILES string of the molecule is NC(=O)NCCCC(NC(=O)CN(CCC1=CCc2ccccc21)C(=O)CNCc1cccnc1)C(=O)N(CCC1=CCc2ccccc21)CC(=O)NCCS. The number of pyridine rings is 1. The lowest BCUT2D eigenvalue weighted by Gasteiger charge is -2.29. The number of allylic oxidation sites excluding steroid dienone is 2. The highest BCUT2D eigenvalue weighted by atomic mass is 32.1. The number of rotatable bonds is 22. The number of primary amides is 1. The second kappa shape index (κ2) is 21.6. The van der Waals surface area contributed by atoms with E-state index in [9.17, 15) is 24.0 Å². The van der Waals surface area contributed by atoms with Gasteiger partial charge < -0.3 is 36.8 Å². The molecule has 0 saturated heterocycles. The van der Waals surface area contributed by atoms with Crippen molar-refractivity contribution in [3.63, 3.8) is 0 Å². The Kier molecular flexibility index (Phi) is 16.1. The first kappa shape index (κ1) is 41.7. The Bertz CT molecular complexity index is 1900. The fourth-order valence-electron chi connectivity index (χ4n) is 7.01. The highest BCUT2D eigenvalue weighted by Crippen LogP contribution is 2.30. The average Bonchev–Trinajstić information content (AvgIpc) is 3.82. The third-order valence-electron chi connectivity index (χ3n) is 9.86. The lowest BCUT2D eigenvalue weighted by Crippen LogP contribution is -2.54. The van der Waals surface area contributed by atoms with Crippen molar-refractivity contribution in [2.24, 2.45) is 5.73 Å². The summed E-state index contributed by atoms with van der Waals surface area (Å²) >= 11 is 4.19. The molecule has 56 heavy (non-hydrogen) atoms. The molecule has 1 atom stereocenters. The standard InChI is InChI=1S/C42H52N8O5S/c43-42(55)47-20-6-12-37(41(54)50(28-38(51)46-21-24-56)23-18-34-16-14-32-9-2-4-11-36(32)34)48-39(52)29-49(40(53)27-45-26-30-7-5-19-44-25-30)22-17-33-15-13-31-8-1-3-10-35(31)33/h1-5,7-11,15-16,19,25,37,45,56H,6,12-14,17-18,20-24,26-29H2,(H,46,51)(H,48,52)(H3,43,47,55). The first-order valence-corrected chi connectivity index (χ1v) is 19.8. The largest absolute Gasteiger partial charge is 0.354 e. The summed E-state index contributed by atoms with van der Waals surface area (Å²) in [4.78, 5) is 73.4. The van der Waals surface area contributed by atoms with Gasteiger partial charge in [0.1, 0.15) is 6.04 Å². The van der Waals surface area contributed by atoms with Crippen LogP contribution in [0.5, 0.6) is 0 Å². The van der Waals surface area contributed by atoms with Gasteiger partial charge in [-0.05, 0) is 83.6 Å². The van der Waals surface area contributed by atoms with Gasteiger partial charge in [-0.3, -0.25) is 24.2 Å². The predicted octanol–water partition coefficient (Wildman–Crippen LogP) is 2.87. The number of nitrogens with two attached hydrogens (primary N) is 1. The Morgan fingerprint density at radius 1 is 0.786 bits per heavy atom. The van der Waals surface area contributed by atoms with E-state index in [1.807, 2.05) is 36.4 Å². The monoisotopic (exact) mass is 780 g/mol. The van der Waals surface area contributed by atoms with Gasteiger partial charge in [-0.1, -0.05) is 66.7 Å². The first-order valence-electron chi connectivity index (χ1n) is 19.1. The van der Waals surface area contributed by atoms with E-state index >= 15 is 0 Å². The fourth-order valence-corrected chi connectivity index (χ4v) is 7.13. The van der Waals surface area contributed by atoms with Crippen molar-refractivity contribution in [1.82, 2.24) is 36.1 Å². The zero-order chi connectivity index (χ0) is 39.7. The Balaban J connectivity index is 1.30. The minimum absolute atomic E-state index is 0.00684. The van der Waals surface area contributed by atoms with E-state index in [0.29, 0.717) is 38.1 Å². The minimum Gasteiger partial charge on any atom is -0.354 e. The molecule has 0 spiro atoms. The van der Waals surface area contributed by atoms with Gasteiger partial charge in [-0.2, -0.15) is 12.6 Å². The number of nitrogens with one attached hydrogen (secondary N) is 4. The van der Waals surface area contributed by atoms with Crippen LogP contribution in [0.3, 0.4) is 0 Å². The van der Waals surface area contributed by atoms with Crippen molar-refractivity contribution in [2.45, 2.75) is 51.1 Å². The molecule has 1 aromatic heterocycles. The van der Waals surface area contributed by atoms with Gasteiger partial charge in [-0.25, -0.2) is 4.79 Å². The van der Waals surface area contributed by atoms with Gasteiger partial charge in [0.05, 0.1) is 19.6 Å². The van der Waals surface area contributed by atoms with E-state index in [1.54, 1.807) is 12.4 Å². The van der Waals surface area contributed by atoms with Crippen LogP contribution in [-0.4, -0.2) is 102 Å². The molecule has 5 rings (SSSR count). The van der Waals surface area contributed by atoms with Crippen LogP contribution in [0.25, 0.3) is 11.1 Å². The molecule has 3 aromatic rings. The van der Waals surface area contributed by atoms with E-state index in [4.69, 9.17) is 5.73 Å². The topological polar surface area (TPSA) is 179 Å². The molecule has 0 bridgehead atoms. The molecule has 2 aliphatic carbocycles. The predicted molar refractivity (Wildman–Crippen MR) is 220 cm³/mol. The van der Waals surface area contributed by atoms with Crippen molar-refractivity contribution >= 4 is 53.4 Å². The van der Waals surface area contributed by atoms with E-state index in [0.717, 1.165) is 40.7 Å². The molecule has 0 fully saturated rings. The highest BCUT2D eigenvalue weighted by molar-refractivity contribution is 7.80. The quantitative estimate of drug-likeness (QED) is 0.0671. The van der Waals surface area contributed by atoms with Gasteiger partial charge in [0.15, 0.2) is 0 Å². The molecule has 1 unspecified atom stereocenters. The summed E-state index contributed by atoms with van der Waals surface area (Å²) in [6, 6.07) is 18.3. The number of fused-ring (bicyclic) bond motifs is 2. The first-order chi connectivity index (χ1) is 27.2. The molecule has 14 heteroatoms. The summed E-state index contributed by atoms with van der Waals surface area (Å²) in [5.74, 6) is -1.12. The van der Waals surface area contributed by atoms with Crippen LogP contribution < -0.4 is 27.0 Å². The second-order valence-electron chi connectivity index (χ2n) is 13.8. The van der Waals surface area contributed by atoms with Crippen LogP contribution in [0.4, 0.5) is 4.79 Å². The molecule has 0 radical (unpaired) electrons. The number of amides is 6. The number of benzene rings is 2. The number of urea groups is 1. The summed E-state index contributed by atoms with van der Waals surface area (Å²) in [6.07, 6.45) is 10.9. The number of carbonyl (C=O) groups excluding carboxylic acids is 5. The minimum atomic E-state index is -1.04. The van der Waals surface area contributed by atoms with Crippen LogP contribution in [0.2, 0.25) is 0 Å². The van der Waals surface area contributed by atoms with Gasteiger partial charge in [0.2, 0.25) is 23.6 Å². The van der Waals surface area contributed by atoms with E-state index in [2.05, 4.69) is 75.3 Å². The number of aromatic nitrogens is 1. The van der Waals surface area contributed by atoms with Gasteiger partial charge in [0.25, 0.3) is 0 Å². The molecular weight excluding hydrogens is 729 g/mol. The fraction of sp³-hybridized carbons (Fsp3) is 0.381. The number of carbonyl (C=O) groups is 5. The van der Waals surface area contributed by atoms with E-state index in [-0.39, 0.29) is 57.5 Å². The summed E-state index contributed by atoms with van der Waals surface area (Å²) in [5.41, 5.74) is 13.1. The Morgan fingerprint density at radius 3 is 2.05 bits per heavy atom. The second-order valence-corrected chi connectivity index (χ2v) is 14.3. The Labute approximate surface area is 334 Å². The third-order valence-corrected chi connectivity index (χ3v) is 10.1.